The monoisotopic (exact) mass is 502 g/mol. The van der Waals surface area contributed by atoms with Gasteiger partial charge in [-0.1, -0.05) is 39.5 Å². The van der Waals surface area contributed by atoms with E-state index in [1.165, 1.54) is 54.9 Å². The van der Waals surface area contributed by atoms with Crippen molar-refractivity contribution in [1.82, 2.24) is 0 Å². The molecular formula is C26H30O2S4. The van der Waals surface area contributed by atoms with Gasteiger partial charge in [0.25, 0.3) is 0 Å². The molecule has 0 saturated heterocycles. The fourth-order valence-corrected chi connectivity index (χ4v) is 7.48. The van der Waals surface area contributed by atoms with Gasteiger partial charge in [-0.3, -0.25) is 0 Å². The van der Waals surface area contributed by atoms with E-state index in [1.807, 2.05) is 22.7 Å². The van der Waals surface area contributed by atoms with Crippen LogP contribution in [0.4, 0.5) is 0 Å². The van der Waals surface area contributed by atoms with Gasteiger partial charge in [-0.05, 0) is 60.0 Å². The third kappa shape index (κ3) is 5.84. The lowest BCUT2D eigenvalue weighted by Gasteiger charge is -2.05. The number of unbranched alkanes of at least 4 members (excludes halogenated alkanes) is 4. The van der Waals surface area contributed by atoms with E-state index in [-0.39, 0.29) is 0 Å². The minimum Gasteiger partial charge on any atom is -0.492 e. The Balaban J connectivity index is 1.45. The van der Waals surface area contributed by atoms with Crippen LogP contribution >= 0.6 is 45.3 Å². The van der Waals surface area contributed by atoms with Gasteiger partial charge < -0.3 is 9.47 Å². The van der Waals surface area contributed by atoms with Gasteiger partial charge >= 0.3 is 0 Å². The summed E-state index contributed by atoms with van der Waals surface area (Å²) in [6.45, 7) is 6.04. The Morgan fingerprint density at radius 1 is 0.562 bits per heavy atom. The van der Waals surface area contributed by atoms with Crippen LogP contribution in [0, 0.1) is 0 Å². The zero-order chi connectivity index (χ0) is 22.2. The Kier molecular flexibility index (Phi) is 8.85. The average molecular weight is 503 g/mol. The molecule has 4 rings (SSSR count). The maximum absolute atomic E-state index is 6.07. The van der Waals surface area contributed by atoms with Gasteiger partial charge in [0.15, 0.2) is 0 Å². The molecule has 170 valence electrons. The SMILES string of the molecule is CCCCCOc1ccsc1-c1ccc(-c2ccc(-c3sccc3OCCCCC)s2)s1. The van der Waals surface area contributed by atoms with Gasteiger partial charge in [0.1, 0.15) is 11.5 Å². The van der Waals surface area contributed by atoms with Crippen LogP contribution in [0.5, 0.6) is 11.5 Å². The van der Waals surface area contributed by atoms with Crippen LogP contribution in [0.25, 0.3) is 29.3 Å². The molecule has 0 bridgehead atoms. The van der Waals surface area contributed by atoms with E-state index in [4.69, 9.17) is 9.47 Å². The van der Waals surface area contributed by atoms with E-state index in [0.717, 1.165) is 37.6 Å². The molecule has 0 saturated carbocycles. The topological polar surface area (TPSA) is 18.5 Å². The van der Waals surface area contributed by atoms with E-state index in [1.54, 1.807) is 22.7 Å². The quantitative estimate of drug-likeness (QED) is 0.169. The highest BCUT2D eigenvalue weighted by Gasteiger charge is 2.15. The zero-order valence-corrected chi connectivity index (χ0v) is 22.0. The summed E-state index contributed by atoms with van der Waals surface area (Å²) in [6.07, 6.45) is 7.11. The molecule has 4 heterocycles. The van der Waals surface area contributed by atoms with Crippen molar-refractivity contribution in [3.8, 4) is 40.8 Å². The first kappa shape index (κ1) is 23.6. The summed E-state index contributed by atoms with van der Waals surface area (Å²) in [5, 5.41) is 4.26. The van der Waals surface area contributed by atoms with Gasteiger partial charge in [-0.15, -0.1) is 45.3 Å². The van der Waals surface area contributed by atoms with Gasteiger partial charge in [0, 0.05) is 19.5 Å². The second-order valence-electron chi connectivity index (χ2n) is 7.67. The number of hydrogen-bond acceptors (Lipinski definition) is 6. The van der Waals surface area contributed by atoms with Crippen LogP contribution < -0.4 is 9.47 Å². The molecule has 0 spiro atoms. The molecule has 2 nitrogen and oxygen atoms in total. The predicted molar refractivity (Wildman–Crippen MR) is 144 cm³/mol. The summed E-state index contributed by atoms with van der Waals surface area (Å²) in [6, 6.07) is 13.2. The van der Waals surface area contributed by atoms with E-state index in [9.17, 15) is 0 Å². The Bertz CT molecular complexity index is 998. The molecule has 6 heteroatoms. The molecule has 0 aliphatic carbocycles. The number of thiophene rings is 4. The molecule has 0 aliphatic rings. The Morgan fingerprint density at radius 3 is 1.44 bits per heavy atom. The normalized spacial score (nSPS) is 11.2. The van der Waals surface area contributed by atoms with E-state index < -0.39 is 0 Å². The second kappa shape index (κ2) is 12.0. The van der Waals surface area contributed by atoms with Crippen LogP contribution in [-0.2, 0) is 0 Å². The average Bonchev–Trinajstić information content (AvgIpc) is 3.60. The molecule has 0 N–H and O–H groups in total. The minimum absolute atomic E-state index is 0.799. The minimum atomic E-state index is 0.799. The van der Waals surface area contributed by atoms with Crippen LogP contribution in [0.3, 0.4) is 0 Å². The summed E-state index contributed by atoms with van der Waals surface area (Å²) in [7, 11) is 0. The van der Waals surface area contributed by atoms with Crippen molar-refractivity contribution in [2.24, 2.45) is 0 Å². The molecule has 0 aromatic carbocycles. The lowest BCUT2D eigenvalue weighted by Crippen LogP contribution is -1.96. The third-order valence-corrected chi connectivity index (χ3v) is 9.69. The number of rotatable bonds is 13. The fraction of sp³-hybridized carbons (Fsp3) is 0.385. The Labute approximate surface area is 207 Å². The molecule has 32 heavy (non-hydrogen) atoms. The molecule has 0 amide bonds. The van der Waals surface area contributed by atoms with Crippen LogP contribution in [0.1, 0.15) is 52.4 Å². The maximum Gasteiger partial charge on any atom is 0.138 e. The van der Waals surface area contributed by atoms with Crippen LogP contribution in [-0.4, -0.2) is 13.2 Å². The van der Waals surface area contributed by atoms with E-state index in [0.29, 0.717) is 0 Å². The molecule has 4 aromatic heterocycles. The standard InChI is InChI=1S/C26H30O2S4/c1-3-5-7-15-27-19-13-17-29-25(19)23-11-9-21(31-23)22-10-12-24(32-22)26-20(14-18-30-26)28-16-8-6-4-2/h9-14,17-18H,3-8,15-16H2,1-2H3. The first-order valence-electron chi connectivity index (χ1n) is 11.4. The van der Waals surface area contributed by atoms with Gasteiger partial charge in [-0.2, -0.15) is 0 Å². The molecule has 0 unspecified atom stereocenters. The van der Waals surface area contributed by atoms with Crippen molar-refractivity contribution in [2.75, 3.05) is 13.2 Å². The summed E-state index contributed by atoms with van der Waals surface area (Å²) in [4.78, 5) is 7.68. The molecule has 0 atom stereocenters. The van der Waals surface area contributed by atoms with Crippen molar-refractivity contribution in [2.45, 2.75) is 52.4 Å². The number of hydrogen-bond donors (Lipinski definition) is 0. The Morgan fingerprint density at radius 2 is 1.00 bits per heavy atom. The predicted octanol–water partition coefficient (Wildman–Crippen LogP) is 10.1. The highest BCUT2D eigenvalue weighted by atomic mass is 32.1. The van der Waals surface area contributed by atoms with Crippen LogP contribution in [0.15, 0.2) is 47.2 Å². The second-order valence-corrected chi connectivity index (χ2v) is 11.7. The largest absolute Gasteiger partial charge is 0.492 e. The molecule has 0 fully saturated rings. The highest BCUT2D eigenvalue weighted by Crippen LogP contribution is 2.46. The van der Waals surface area contributed by atoms with Crippen LogP contribution in [0.2, 0.25) is 0 Å². The summed E-state index contributed by atoms with van der Waals surface area (Å²) in [5.41, 5.74) is 0. The lowest BCUT2D eigenvalue weighted by molar-refractivity contribution is 0.308. The highest BCUT2D eigenvalue weighted by molar-refractivity contribution is 7.28. The first-order chi connectivity index (χ1) is 15.8. The lowest BCUT2D eigenvalue weighted by atomic mass is 10.3. The maximum atomic E-state index is 6.07. The van der Waals surface area contributed by atoms with Crippen molar-refractivity contribution in [1.29, 1.82) is 0 Å². The van der Waals surface area contributed by atoms with Gasteiger partial charge in [0.2, 0.25) is 0 Å². The van der Waals surface area contributed by atoms with Gasteiger partial charge in [-0.25, -0.2) is 0 Å². The molecule has 0 aliphatic heterocycles. The molecule has 0 radical (unpaired) electrons. The van der Waals surface area contributed by atoms with Gasteiger partial charge in [0.05, 0.1) is 23.0 Å². The number of ether oxygens (including phenoxy) is 2. The van der Waals surface area contributed by atoms with Crippen molar-refractivity contribution >= 4 is 45.3 Å². The van der Waals surface area contributed by atoms with Crippen molar-refractivity contribution in [3.63, 3.8) is 0 Å². The van der Waals surface area contributed by atoms with E-state index in [2.05, 4.69) is 61.0 Å². The first-order valence-corrected chi connectivity index (χ1v) is 14.8. The summed E-state index contributed by atoms with van der Waals surface area (Å²) < 4.78 is 12.1. The molecule has 4 aromatic rings. The smallest absolute Gasteiger partial charge is 0.138 e. The van der Waals surface area contributed by atoms with Crippen molar-refractivity contribution in [3.05, 3.63) is 47.2 Å². The van der Waals surface area contributed by atoms with E-state index >= 15 is 0 Å². The molecular weight excluding hydrogens is 473 g/mol. The summed E-state index contributed by atoms with van der Waals surface area (Å²) in [5.74, 6) is 2.05. The Hall–Kier alpha value is -1.60. The summed E-state index contributed by atoms with van der Waals surface area (Å²) >= 11 is 7.23. The fourth-order valence-electron chi connectivity index (χ4n) is 3.43. The van der Waals surface area contributed by atoms with Crippen molar-refractivity contribution < 1.29 is 9.47 Å². The zero-order valence-electron chi connectivity index (χ0n) is 18.7. The third-order valence-electron chi connectivity index (χ3n) is 5.17.